The third-order valence-corrected chi connectivity index (χ3v) is 3.47. The van der Waals surface area contributed by atoms with Crippen molar-refractivity contribution >= 4 is 23.3 Å². The summed E-state index contributed by atoms with van der Waals surface area (Å²) < 4.78 is 5.18. The fraction of sp³-hybridized carbons (Fsp3) is 0.143. The molecule has 3 amide bonds. The highest BCUT2D eigenvalue weighted by Gasteiger charge is 2.11. The van der Waals surface area contributed by atoms with E-state index in [9.17, 15) is 9.59 Å². The molecule has 0 spiro atoms. The second kappa shape index (κ2) is 6.72. The largest absolute Gasteiger partial charge is 0.496 e. The Bertz CT molecular complexity index is 596. The van der Waals surface area contributed by atoms with Crippen molar-refractivity contribution in [3.63, 3.8) is 0 Å². The zero-order chi connectivity index (χ0) is 14.4. The zero-order valence-electron chi connectivity index (χ0n) is 10.9. The van der Waals surface area contributed by atoms with Crippen LogP contribution in [0.5, 0.6) is 5.75 Å². The molecule has 0 atom stereocenters. The number of rotatable bonds is 4. The first-order valence-corrected chi connectivity index (χ1v) is 6.83. The number of ether oxygens (including phenoxy) is 1. The van der Waals surface area contributed by atoms with Crippen LogP contribution in [-0.2, 0) is 6.54 Å². The van der Waals surface area contributed by atoms with Gasteiger partial charge in [0.1, 0.15) is 5.75 Å². The van der Waals surface area contributed by atoms with Crippen LogP contribution in [0.1, 0.15) is 15.2 Å². The van der Waals surface area contributed by atoms with Crippen LogP contribution < -0.4 is 15.4 Å². The van der Waals surface area contributed by atoms with E-state index in [0.29, 0.717) is 10.6 Å². The van der Waals surface area contributed by atoms with Gasteiger partial charge in [-0.15, -0.1) is 11.3 Å². The number of hydrogen-bond acceptors (Lipinski definition) is 4. The standard InChI is InChI=1S/C14H14N2O3S/c1-19-11-6-3-2-5-10(11)9-15-14(18)16-13(17)12-7-4-8-20-12/h2-8H,9H2,1H3,(H2,15,16,17,18). The van der Waals surface area contributed by atoms with E-state index in [4.69, 9.17) is 4.74 Å². The van der Waals surface area contributed by atoms with Crippen molar-refractivity contribution in [2.45, 2.75) is 6.54 Å². The van der Waals surface area contributed by atoms with E-state index >= 15 is 0 Å². The molecule has 0 fully saturated rings. The van der Waals surface area contributed by atoms with Crippen LogP contribution >= 0.6 is 11.3 Å². The molecular formula is C14H14N2O3S. The van der Waals surface area contributed by atoms with Crippen LogP contribution in [0.25, 0.3) is 0 Å². The van der Waals surface area contributed by atoms with Gasteiger partial charge in [-0.1, -0.05) is 24.3 Å². The van der Waals surface area contributed by atoms with Crippen LogP contribution in [-0.4, -0.2) is 19.0 Å². The number of carbonyl (C=O) groups is 2. The maximum atomic E-state index is 11.7. The number of benzene rings is 1. The Morgan fingerprint density at radius 2 is 2.00 bits per heavy atom. The molecule has 5 nitrogen and oxygen atoms in total. The van der Waals surface area contributed by atoms with Crippen LogP contribution in [0.2, 0.25) is 0 Å². The summed E-state index contributed by atoms with van der Waals surface area (Å²) in [6, 6.07) is 10.2. The highest BCUT2D eigenvalue weighted by molar-refractivity contribution is 7.12. The lowest BCUT2D eigenvalue weighted by Gasteiger charge is -2.09. The SMILES string of the molecule is COc1ccccc1CNC(=O)NC(=O)c1cccs1. The highest BCUT2D eigenvalue weighted by Crippen LogP contribution is 2.16. The predicted octanol–water partition coefficient (Wildman–Crippen LogP) is 2.40. The van der Waals surface area contributed by atoms with Gasteiger partial charge in [-0.05, 0) is 17.5 Å². The summed E-state index contributed by atoms with van der Waals surface area (Å²) in [7, 11) is 1.57. The molecule has 104 valence electrons. The number of para-hydroxylation sites is 1. The third kappa shape index (κ3) is 3.58. The second-order valence-corrected chi connectivity index (χ2v) is 4.87. The van der Waals surface area contributed by atoms with Crippen LogP contribution in [0.15, 0.2) is 41.8 Å². The Hall–Kier alpha value is -2.34. The van der Waals surface area contributed by atoms with E-state index in [-0.39, 0.29) is 6.54 Å². The number of nitrogens with one attached hydrogen (secondary N) is 2. The molecule has 0 unspecified atom stereocenters. The highest BCUT2D eigenvalue weighted by atomic mass is 32.1. The number of urea groups is 1. The Morgan fingerprint density at radius 1 is 1.20 bits per heavy atom. The van der Waals surface area contributed by atoms with Crippen LogP contribution in [0, 0.1) is 0 Å². The number of thiophene rings is 1. The normalized spacial score (nSPS) is 9.85. The number of hydrogen-bond donors (Lipinski definition) is 2. The summed E-state index contributed by atoms with van der Waals surface area (Å²) in [6.07, 6.45) is 0. The van der Waals surface area contributed by atoms with Crippen molar-refractivity contribution in [3.05, 3.63) is 52.2 Å². The van der Waals surface area contributed by atoms with Gasteiger partial charge in [-0.25, -0.2) is 4.79 Å². The lowest BCUT2D eigenvalue weighted by molar-refractivity contribution is 0.0968. The van der Waals surface area contributed by atoms with E-state index in [1.807, 2.05) is 24.3 Å². The first kappa shape index (κ1) is 14.1. The predicted molar refractivity (Wildman–Crippen MR) is 77.0 cm³/mol. The van der Waals surface area contributed by atoms with Gasteiger partial charge in [-0.2, -0.15) is 0 Å². The summed E-state index contributed by atoms with van der Waals surface area (Å²) in [5, 5.41) is 6.67. The van der Waals surface area contributed by atoms with Gasteiger partial charge in [0.05, 0.1) is 12.0 Å². The van der Waals surface area contributed by atoms with Gasteiger partial charge < -0.3 is 10.1 Å². The van der Waals surface area contributed by atoms with Crippen molar-refractivity contribution in [3.8, 4) is 5.75 Å². The topological polar surface area (TPSA) is 67.4 Å². The summed E-state index contributed by atoms with van der Waals surface area (Å²) in [6.45, 7) is 0.285. The van der Waals surface area contributed by atoms with Gasteiger partial charge in [0.2, 0.25) is 0 Å². The summed E-state index contributed by atoms with van der Waals surface area (Å²) >= 11 is 1.28. The molecule has 0 aliphatic heterocycles. The molecular weight excluding hydrogens is 276 g/mol. The Balaban J connectivity index is 1.88. The molecule has 2 rings (SSSR count). The molecule has 6 heteroatoms. The lowest BCUT2D eigenvalue weighted by Crippen LogP contribution is -2.38. The zero-order valence-corrected chi connectivity index (χ0v) is 11.7. The minimum Gasteiger partial charge on any atom is -0.496 e. The molecule has 1 aromatic heterocycles. The van der Waals surface area contributed by atoms with Gasteiger partial charge in [0, 0.05) is 12.1 Å². The molecule has 1 aromatic carbocycles. The molecule has 0 aliphatic carbocycles. The van der Waals surface area contributed by atoms with E-state index < -0.39 is 11.9 Å². The Kier molecular flexibility index (Phi) is 4.73. The number of methoxy groups -OCH3 is 1. The number of amides is 3. The second-order valence-electron chi connectivity index (χ2n) is 3.93. The van der Waals surface area contributed by atoms with E-state index in [1.165, 1.54) is 11.3 Å². The van der Waals surface area contributed by atoms with Crippen molar-refractivity contribution in [1.82, 2.24) is 10.6 Å². The third-order valence-electron chi connectivity index (χ3n) is 2.60. The van der Waals surface area contributed by atoms with Crippen molar-refractivity contribution in [2.24, 2.45) is 0 Å². The average molecular weight is 290 g/mol. The maximum absolute atomic E-state index is 11.7. The average Bonchev–Trinajstić information content (AvgIpc) is 2.99. The Morgan fingerprint density at radius 3 is 2.70 bits per heavy atom. The fourth-order valence-electron chi connectivity index (χ4n) is 1.64. The summed E-state index contributed by atoms with van der Waals surface area (Å²) in [5.41, 5.74) is 0.841. The smallest absolute Gasteiger partial charge is 0.322 e. The molecule has 0 bridgehead atoms. The number of imide groups is 1. The van der Waals surface area contributed by atoms with E-state index in [2.05, 4.69) is 10.6 Å². The fourth-order valence-corrected chi connectivity index (χ4v) is 2.26. The van der Waals surface area contributed by atoms with E-state index in [0.717, 1.165) is 5.56 Å². The van der Waals surface area contributed by atoms with Crippen molar-refractivity contribution in [1.29, 1.82) is 0 Å². The molecule has 2 N–H and O–H groups in total. The summed E-state index contributed by atoms with van der Waals surface area (Å²) in [4.78, 5) is 23.8. The van der Waals surface area contributed by atoms with Gasteiger partial charge >= 0.3 is 6.03 Å². The summed E-state index contributed by atoms with van der Waals surface area (Å²) in [5.74, 6) is 0.287. The molecule has 0 radical (unpaired) electrons. The van der Waals surface area contributed by atoms with E-state index in [1.54, 1.807) is 24.6 Å². The van der Waals surface area contributed by atoms with Crippen LogP contribution in [0.3, 0.4) is 0 Å². The molecule has 0 saturated carbocycles. The maximum Gasteiger partial charge on any atom is 0.322 e. The monoisotopic (exact) mass is 290 g/mol. The van der Waals surface area contributed by atoms with Gasteiger partial charge in [0.25, 0.3) is 5.91 Å². The minimum absolute atomic E-state index is 0.285. The quantitative estimate of drug-likeness (QED) is 0.908. The van der Waals surface area contributed by atoms with Crippen molar-refractivity contribution in [2.75, 3.05) is 7.11 Å². The Labute approximate surface area is 120 Å². The molecule has 0 saturated heterocycles. The molecule has 1 heterocycles. The minimum atomic E-state index is -0.533. The molecule has 20 heavy (non-hydrogen) atoms. The first-order chi connectivity index (χ1) is 9.70. The van der Waals surface area contributed by atoms with Crippen LogP contribution in [0.4, 0.5) is 4.79 Å². The number of carbonyl (C=O) groups excluding carboxylic acids is 2. The molecule has 0 aliphatic rings. The van der Waals surface area contributed by atoms with Gasteiger partial charge in [-0.3, -0.25) is 10.1 Å². The first-order valence-electron chi connectivity index (χ1n) is 5.95. The van der Waals surface area contributed by atoms with Crippen molar-refractivity contribution < 1.29 is 14.3 Å². The molecule has 2 aromatic rings. The lowest BCUT2D eigenvalue weighted by atomic mass is 10.2. The van der Waals surface area contributed by atoms with Gasteiger partial charge in [0.15, 0.2) is 0 Å².